The van der Waals surface area contributed by atoms with Gasteiger partial charge >= 0.3 is 0 Å². The molecular formula is C9H4F2OS. The molecule has 0 atom stereocenters. The molecule has 0 aliphatic rings. The van der Waals surface area contributed by atoms with E-state index in [1.165, 1.54) is 18.2 Å². The Labute approximate surface area is 76.6 Å². The maximum absolute atomic E-state index is 12.9. The highest BCUT2D eigenvalue weighted by Gasteiger charge is 2.11. The second-order valence-corrected chi connectivity index (χ2v) is 3.57. The average Bonchev–Trinajstić information content (AvgIpc) is 2.42. The molecule has 1 nitrogen and oxygen atoms in total. The number of halogens is 2. The number of carbonyl (C=O) groups excluding carboxylic acids is 1. The van der Waals surface area contributed by atoms with Crippen molar-refractivity contribution in [2.45, 2.75) is 0 Å². The van der Waals surface area contributed by atoms with Gasteiger partial charge in [-0.3, -0.25) is 4.79 Å². The fourth-order valence-corrected chi connectivity index (χ4v) is 1.98. The van der Waals surface area contributed by atoms with Crippen LogP contribution in [0.2, 0.25) is 0 Å². The van der Waals surface area contributed by atoms with Gasteiger partial charge in [0, 0.05) is 15.6 Å². The van der Waals surface area contributed by atoms with Crippen molar-refractivity contribution in [3.8, 4) is 0 Å². The summed E-state index contributed by atoms with van der Waals surface area (Å²) in [7, 11) is 0. The minimum Gasteiger partial charge on any atom is -0.298 e. The average molecular weight is 198 g/mol. The SMILES string of the molecule is O=Cc1ccc2c(F)c(F)sc2c1. The molecule has 0 fully saturated rings. The van der Waals surface area contributed by atoms with E-state index in [2.05, 4.69) is 0 Å². The van der Waals surface area contributed by atoms with Crippen LogP contribution in [0.5, 0.6) is 0 Å². The van der Waals surface area contributed by atoms with Gasteiger partial charge in [0.05, 0.1) is 0 Å². The Bertz CT molecular complexity index is 476. The van der Waals surface area contributed by atoms with E-state index in [0.717, 1.165) is 0 Å². The molecular weight excluding hydrogens is 194 g/mol. The van der Waals surface area contributed by atoms with Gasteiger partial charge in [-0.15, -0.1) is 11.3 Å². The molecule has 1 aromatic carbocycles. The van der Waals surface area contributed by atoms with E-state index < -0.39 is 10.9 Å². The van der Waals surface area contributed by atoms with Crippen molar-refractivity contribution in [3.05, 3.63) is 34.7 Å². The first-order valence-electron chi connectivity index (χ1n) is 3.55. The summed E-state index contributed by atoms with van der Waals surface area (Å²) in [6, 6.07) is 4.34. The number of rotatable bonds is 1. The van der Waals surface area contributed by atoms with Crippen molar-refractivity contribution < 1.29 is 13.6 Å². The molecule has 2 rings (SSSR count). The van der Waals surface area contributed by atoms with Crippen molar-refractivity contribution in [1.82, 2.24) is 0 Å². The first kappa shape index (κ1) is 8.31. The van der Waals surface area contributed by atoms with Gasteiger partial charge < -0.3 is 0 Å². The molecule has 0 saturated carbocycles. The lowest BCUT2D eigenvalue weighted by atomic mass is 10.2. The van der Waals surface area contributed by atoms with Crippen molar-refractivity contribution in [1.29, 1.82) is 0 Å². The molecule has 0 amide bonds. The second kappa shape index (κ2) is 2.88. The standard InChI is InChI=1S/C9H4F2OS/c10-8-6-2-1-5(4-12)3-7(6)13-9(8)11/h1-4H. The van der Waals surface area contributed by atoms with Gasteiger partial charge in [-0.2, -0.15) is 4.39 Å². The van der Waals surface area contributed by atoms with Crippen LogP contribution in [-0.4, -0.2) is 6.29 Å². The van der Waals surface area contributed by atoms with Crippen LogP contribution in [0.3, 0.4) is 0 Å². The van der Waals surface area contributed by atoms with Gasteiger partial charge in [0.25, 0.3) is 0 Å². The van der Waals surface area contributed by atoms with E-state index in [9.17, 15) is 13.6 Å². The largest absolute Gasteiger partial charge is 0.298 e. The van der Waals surface area contributed by atoms with Crippen LogP contribution in [0.25, 0.3) is 10.1 Å². The topological polar surface area (TPSA) is 17.1 Å². The van der Waals surface area contributed by atoms with Crippen molar-refractivity contribution in [2.24, 2.45) is 0 Å². The van der Waals surface area contributed by atoms with Crippen LogP contribution in [0.15, 0.2) is 18.2 Å². The lowest BCUT2D eigenvalue weighted by molar-refractivity contribution is 0.112. The summed E-state index contributed by atoms with van der Waals surface area (Å²) in [5, 5.41) is -0.605. The third-order valence-electron chi connectivity index (χ3n) is 1.75. The molecule has 1 heterocycles. The molecule has 0 saturated heterocycles. The van der Waals surface area contributed by atoms with Crippen LogP contribution in [0.1, 0.15) is 10.4 Å². The van der Waals surface area contributed by atoms with E-state index in [-0.39, 0.29) is 5.39 Å². The zero-order valence-corrected chi connectivity index (χ0v) is 7.20. The first-order valence-corrected chi connectivity index (χ1v) is 4.37. The van der Waals surface area contributed by atoms with Gasteiger partial charge in [0.1, 0.15) is 6.29 Å². The summed E-state index contributed by atoms with van der Waals surface area (Å²) < 4.78 is 26.1. The quantitative estimate of drug-likeness (QED) is 0.644. The summed E-state index contributed by atoms with van der Waals surface area (Å²) >= 11 is 0.708. The Kier molecular flexibility index (Phi) is 1.84. The van der Waals surface area contributed by atoms with Crippen molar-refractivity contribution >= 4 is 27.7 Å². The predicted molar refractivity (Wildman–Crippen MR) is 47.1 cm³/mol. The highest BCUT2D eigenvalue weighted by Crippen LogP contribution is 2.28. The maximum Gasteiger partial charge on any atom is 0.213 e. The number of fused-ring (bicyclic) bond motifs is 1. The Morgan fingerprint density at radius 2 is 2.08 bits per heavy atom. The third-order valence-corrected chi connectivity index (χ3v) is 2.67. The highest BCUT2D eigenvalue weighted by molar-refractivity contribution is 7.17. The van der Waals surface area contributed by atoms with Crippen molar-refractivity contribution in [2.75, 3.05) is 0 Å². The number of thiophene rings is 1. The Balaban J connectivity index is 2.79. The summed E-state index contributed by atoms with van der Waals surface area (Å²) in [6.07, 6.45) is 0.648. The van der Waals surface area contributed by atoms with E-state index in [4.69, 9.17) is 0 Å². The molecule has 0 unspecified atom stereocenters. The summed E-state index contributed by atoms with van der Waals surface area (Å²) in [5.41, 5.74) is 0.425. The molecule has 0 N–H and O–H groups in total. The van der Waals surface area contributed by atoms with Gasteiger partial charge in [0.15, 0.2) is 5.82 Å². The number of carbonyl (C=O) groups is 1. The van der Waals surface area contributed by atoms with E-state index in [0.29, 0.717) is 27.9 Å². The van der Waals surface area contributed by atoms with Gasteiger partial charge in [0.2, 0.25) is 5.13 Å². The van der Waals surface area contributed by atoms with Crippen LogP contribution in [0, 0.1) is 10.9 Å². The number of aldehydes is 1. The Morgan fingerprint density at radius 3 is 2.77 bits per heavy atom. The number of hydrogen-bond acceptors (Lipinski definition) is 2. The third kappa shape index (κ3) is 1.23. The normalized spacial score (nSPS) is 10.6. The molecule has 0 bridgehead atoms. The molecule has 13 heavy (non-hydrogen) atoms. The predicted octanol–water partition coefficient (Wildman–Crippen LogP) is 2.99. The lowest BCUT2D eigenvalue weighted by Gasteiger charge is -1.89. The summed E-state index contributed by atoms with van der Waals surface area (Å²) in [6.45, 7) is 0. The molecule has 0 aliphatic heterocycles. The summed E-state index contributed by atoms with van der Waals surface area (Å²) in [4.78, 5) is 10.4. The second-order valence-electron chi connectivity index (χ2n) is 2.56. The zero-order chi connectivity index (χ0) is 9.42. The van der Waals surface area contributed by atoms with Gasteiger partial charge in [-0.25, -0.2) is 4.39 Å². The van der Waals surface area contributed by atoms with E-state index in [1.807, 2.05) is 0 Å². The molecule has 2 aromatic rings. The van der Waals surface area contributed by atoms with Crippen LogP contribution < -0.4 is 0 Å². The molecule has 0 aliphatic carbocycles. The number of benzene rings is 1. The monoisotopic (exact) mass is 198 g/mol. The fraction of sp³-hybridized carbons (Fsp3) is 0. The van der Waals surface area contributed by atoms with Gasteiger partial charge in [-0.05, 0) is 12.1 Å². The van der Waals surface area contributed by atoms with Crippen LogP contribution in [0.4, 0.5) is 8.78 Å². The highest BCUT2D eigenvalue weighted by atomic mass is 32.1. The Hall–Kier alpha value is -1.29. The summed E-state index contributed by atoms with van der Waals surface area (Å²) in [5.74, 6) is -0.836. The lowest BCUT2D eigenvalue weighted by Crippen LogP contribution is -1.77. The van der Waals surface area contributed by atoms with Crippen molar-refractivity contribution in [3.63, 3.8) is 0 Å². The Morgan fingerprint density at radius 1 is 1.31 bits per heavy atom. The fourth-order valence-electron chi connectivity index (χ4n) is 1.13. The molecule has 0 radical (unpaired) electrons. The maximum atomic E-state index is 12.9. The first-order chi connectivity index (χ1) is 6.22. The minimum absolute atomic E-state index is 0.230. The van der Waals surface area contributed by atoms with Crippen LogP contribution in [-0.2, 0) is 0 Å². The molecule has 0 spiro atoms. The molecule has 4 heteroatoms. The smallest absolute Gasteiger partial charge is 0.213 e. The number of hydrogen-bond donors (Lipinski definition) is 0. The van der Waals surface area contributed by atoms with Gasteiger partial charge in [-0.1, -0.05) is 6.07 Å². The molecule has 66 valence electrons. The van der Waals surface area contributed by atoms with E-state index >= 15 is 0 Å². The zero-order valence-electron chi connectivity index (χ0n) is 6.38. The van der Waals surface area contributed by atoms with E-state index in [1.54, 1.807) is 0 Å². The minimum atomic E-state index is -0.836. The van der Waals surface area contributed by atoms with Crippen LogP contribution >= 0.6 is 11.3 Å². The molecule has 1 aromatic heterocycles.